The van der Waals surface area contributed by atoms with E-state index in [0.717, 1.165) is 0 Å². The smallest absolute Gasteiger partial charge is 0.338 e. The standard InChI is InChI=1S/C17H20O6/c1-16(2)21-12-13(22-16)17(23-15(12)19-3)9-11(17)20-14(18)10-7-5-4-6-8-10/h4-8,11-13,15H,9H2,1-3H3/t11-,12?,13-,15?,17-/m1/s1. The molecule has 6 nitrogen and oxygen atoms in total. The van der Waals surface area contributed by atoms with Gasteiger partial charge in [-0.2, -0.15) is 0 Å². The lowest BCUT2D eigenvalue weighted by atomic mass is 10.1. The average Bonchev–Trinajstić information content (AvgIpc) is 3.00. The molecule has 3 aliphatic rings. The van der Waals surface area contributed by atoms with E-state index in [-0.39, 0.29) is 24.3 Å². The summed E-state index contributed by atoms with van der Waals surface area (Å²) in [6, 6.07) is 8.92. The van der Waals surface area contributed by atoms with Gasteiger partial charge in [-0.1, -0.05) is 18.2 Å². The van der Waals surface area contributed by atoms with Crippen molar-refractivity contribution in [2.24, 2.45) is 0 Å². The number of fused-ring (bicyclic) bond motifs is 2. The van der Waals surface area contributed by atoms with Gasteiger partial charge in [-0.15, -0.1) is 0 Å². The molecule has 1 saturated carbocycles. The molecule has 0 bridgehead atoms. The summed E-state index contributed by atoms with van der Waals surface area (Å²) in [5, 5.41) is 0. The largest absolute Gasteiger partial charge is 0.455 e. The van der Waals surface area contributed by atoms with E-state index in [4.69, 9.17) is 23.7 Å². The van der Waals surface area contributed by atoms with Crippen LogP contribution in [0, 0.1) is 0 Å². The lowest BCUT2D eigenvalue weighted by Crippen LogP contribution is -2.35. The Kier molecular flexibility index (Phi) is 3.29. The molecule has 6 heteroatoms. The van der Waals surface area contributed by atoms with Crippen LogP contribution in [0.5, 0.6) is 0 Å². The number of benzene rings is 1. The Morgan fingerprint density at radius 2 is 1.91 bits per heavy atom. The molecule has 0 aromatic heterocycles. The number of esters is 1. The van der Waals surface area contributed by atoms with Gasteiger partial charge in [0.1, 0.15) is 23.9 Å². The minimum Gasteiger partial charge on any atom is -0.455 e. The van der Waals surface area contributed by atoms with E-state index >= 15 is 0 Å². The quantitative estimate of drug-likeness (QED) is 0.793. The Labute approximate surface area is 134 Å². The first kappa shape index (κ1) is 15.1. The second kappa shape index (κ2) is 5.01. The van der Waals surface area contributed by atoms with Gasteiger partial charge in [0.05, 0.1) is 5.56 Å². The Hall–Kier alpha value is -1.47. The molecular weight excluding hydrogens is 300 g/mol. The van der Waals surface area contributed by atoms with Crippen LogP contribution in [0.4, 0.5) is 0 Å². The van der Waals surface area contributed by atoms with Crippen LogP contribution in [0.25, 0.3) is 0 Å². The summed E-state index contributed by atoms with van der Waals surface area (Å²) in [5.41, 5.74) is -0.139. The van der Waals surface area contributed by atoms with Crippen molar-refractivity contribution in [2.45, 2.75) is 56.3 Å². The van der Waals surface area contributed by atoms with Crippen LogP contribution in [0.15, 0.2) is 30.3 Å². The van der Waals surface area contributed by atoms with Gasteiger partial charge in [0, 0.05) is 13.5 Å². The Bertz CT molecular complexity index is 615. The second-order valence-corrected chi connectivity index (χ2v) is 6.66. The van der Waals surface area contributed by atoms with Gasteiger partial charge < -0.3 is 23.7 Å². The van der Waals surface area contributed by atoms with E-state index in [2.05, 4.69) is 0 Å². The second-order valence-electron chi connectivity index (χ2n) is 6.66. The monoisotopic (exact) mass is 320 g/mol. The van der Waals surface area contributed by atoms with Crippen LogP contribution in [0.1, 0.15) is 30.6 Å². The van der Waals surface area contributed by atoms with Gasteiger partial charge >= 0.3 is 5.97 Å². The highest BCUT2D eigenvalue weighted by atomic mass is 16.8. The molecule has 5 atom stereocenters. The molecule has 3 fully saturated rings. The maximum Gasteiger partial charge on any atom is 0.338 e. The molecule has 0 radical (unpaired) electrons. The molecular formula is C17H20O6. The third kappa shape index (κ3) is 2.37. The van der Waals surface area contributed by atoms with Crippen molar-refractivity contribution < 1.29 is 28.5 Å². The van der Waals surface area contributed by atoms with Crippen molar-refractivity contribution >= 4 is 5.97 Å². The molecule has 1 aromatic rings. The fourth-order valence-electron chi connectivity index (χ4n) is 3.47. The predicted molar refractivity (Wildman–Crippen MR) is 78.7 cm³/mol. The van der Waals surface area contributed by atoms with Crippen molar-refractivity contribution in [3.8, 4) is 0 Å². The van der Waals surface area contributed by atoms with E-state index < -0.39 is 17.7 Å². The van der Waals surface area contributed by atoms with E-state index in [1.54, 1.807) is 31.4 Å². The van der Waals surface area contributed by atoms with Gasteiger partial charge in [-0.25, -0.2) is 4.79 Å². The summed E-state index contributed by atoms with van der Waals surface area (Å²) in [6.45, 7) is 3.72. The van der Waals surface area contributed by atoms with Crippen LogP contribution in [-0.4, -0.2) is 49.1 Å². The maximum atomic E-state index is 12.2. The van der Waals surface area contributed by atoms with Crippen LogP contribution < -0.4 is 0 Å². The van der Waals surface area contributed by atoms with Crippen molar-refractivity contribution in [1.82, 2.24) is 0 Å². The molecule has 2 aliphatic heterocycles. The molecule has 1 aromatic carbocycles. The fraction of sp³-hybridized carbons (Fsp3) is 0.588. The third-order valence-corrected chi connectivity index (χ3v) is 4.59. The summed E-state index contributed by atoms with van der Waals surface area (Å²) in [6.07, 6.45) is -0.875. The number of carbonyl (C=O) groups is 1. The first-order valence-electron chi connectivity index (χ1n) is 7.77. The van der Waals surface area contributed by atoms with Crippen LogP contribution in [-0.2, 0) is 23.7 Å². The third-order valence-electron chi connectivity index (χ3n) is 4.59. The fourth-order valence-corrected chi connectivity index (χ4v) is 3.47. The zero-order valence-corrected chi connectivity index (χ0v) is 13.4. The van der Waals surface area contributed by atoms with E-state index in [1.165, 1.54) is 0 Å². The number of hydrogen-bond acceptors (Lipinski definition) is 6. The highest BCUT2D eigenvalue weighted by molar-refractivity contribution is 5.89. The number of ether oxygens (including phenoxy) is 5. The summed E-state index contributed by atoms with van der Waals surface area (Å²) in [5.74, 6) is -1.05. The molecule has 1 spiro atoms. The number of carbonyl (C=O) groups excluding carboxylic acids is 1. The first-order valence-corrected chi connectivity index (χ1v) is 7.77. The predicted octanol–water partition coefficient (Wildman–Crippen LogP) is 1.88. The van der Waals surface area contributed by atoms with Gasteiger partial charge in [-0.3, -0.25) is 0 Å². The van der Waals surface area contributed by atoms with Crippen LogP contribution >= 0.6 is 0 Å². The summed E-state index contributed by atoms with van der Waals surface area (Å²) < 4.78 is 28.8. The molecule has 2 unspecified atom stereocenters. The Morgan fingerprint density at radius 3 is 2.61 bits per heavy atom. The lowest BCUT2D eigenvalue weighted by molar-refractivity contribution is -0.236. The molecule has 0 N–H and O–H groups in total. The van der Waals surface area contributed by atoms with Gasteiger partial charge in [0.25, 0.3) is 0 Å². The zero-order valence-electron chi connectivity index (χ0n) is 13.4. The molecule has 4 rings (SSSR count). The summed E-state index contributed by atoms with van der Waals surface area (Å²) >= 11 is 0. The molecule has 1 aliphatic carbocycles. The SMILES string of the molecule is COC1O[C@@]2(C[C@H]2OC(=O)c2ccccc2)[C@@H]2OC(C)(C)OC12. The first-order chi connectivity index (χ1) is 11.0. The molecule has 124 valence electrons. The van der Waals surface area contributed by atoms with Crippen molar-refractivity contribution in [1.29, 1.82) is 0 Å². The minimum atomic E-state index is -0.695. The average molecular weight is 320 g/mol. The van der Waals surface area contributed by atoms with Crippen LogP contribution in [0.3, 0.4) is 0 Å². The number of rotatable bonds is 3. The lowest BCUT2D eigenvalue weighted by Gasteiger charge is -2.23. The molecule has 0 amide bonds. The van der Waals surface area contributed by atoms with E-state index in [0.29, 0.717) is 12.0 Å². The summed E-state index contributed by atoms with van der Waals surface area (Å²) in [7, 11) is 1.57. The van der Waals surface area contributed by atoms with Crippen molar-refractivity contribution in [3.05, 3.63) is 35.9 Å². The molecule has 2 heterocycles. The highest BCUT2D eigenvalue weighted by Gasteiger charge is 2.75. The maximum absolute atomic E-state index is 12.2. The van der Waals surface area contributed by atoms with Gasteiger partial charge in [0.15, 0.2) is 12.1 Å². The summed E-state index contributed by atoms with van der Waals surface area (Å²) in [4.78, 5) is 12.2. The molecule has 2 saturated heterocycles. The van der Waals surface area contributed by atoms with Crippen molar-refractivity contribution in [2.75, 3.05) is 7.11 Å². The Balaban J connectivity index is 1.49. The normalized spacial score (nSPS) is 40.1. The van der Waals surface area contributed by atoms with E-state index in [9.17, 15) is 4.79 Å². The van der Waals surface area contributed by atoms with E-state index in [1.807, 2.05) is 19.9 Å². The number of hydrogen-bond donors (Lipinski definition) is 0. The Morgan fingerprint density at radius 1 is 1.17 bits per heavy atom. The van der Waals surface area contributed by atoms with Crippen molar-refractivity contribution in [3.63, 3.8) is 0 Å². The van der Waals surface area contributed by atoms with Gasteiger partial charge in [0.2, 0.25) is 0 Å². The topological polar surface area (TPSA) is 63.2 Å². The zero-order chi connectivity index (χ0) is 16.2. The number of methoxy groups -OCH3 is 1. The van der Waals surface area contributed by atoms with Gasteiger partial charge in [-0.05, 0) is 26.0 Å². The highest BCUT2D eigenvalue weighted by Crippen LogP contribution is 2.57. The minimum absolute atomic E-state index is 0.295. The van der Waals surface area contributed by atoms with Crippen LogP contribution in [0.2, 0.25) is 0 Å². The molecule has 23 heavy (non-hydrogen) atoms.